The molecule has 1 aromatic heterocycles. The van der Waals surface area contributed by atoms with Gasteiger partial charge in [0.05, 0.1) is 19.2 Å². The van der Waals surface area contributed by atoms with Crippen LogP contribution in [-0.2, 0) is 20.9 Å². The van der Waals surface area contributed by atoms with Crippen LogP contribution in [0, 0.1) is 5.41 Å². The smallest absolute Gasteiger partial charge is 0.237 e. The third-order valence-electron chi connectivity index (χ3n) is 4.90. The van der Waals surface area contributed by atoms with E-state index < -0.39 is 0 Å². The van der Waals surface area contributed by atoms with Crippen molar-refractivity contribution in [3.05, 3.63) is 52.2 Å². The number of aldehydes is 2. The predicted octanol–water partition coefficient (Wildman–Crippen LogP) is 1.80. The fourth-order valence-electron chi connectivity index (χ4n) is 3.16. The first-order chi connectivity index (χ1) is 18.0. The Labute approximate surface area is 223 Å². The number of hydrogen-bond donors (Lipinski definition) is 5. The Morgan fingerprint density at radius 3 is 2.49 bits per heavy atom. The molecule has 11 heteroatoms. The maximum atomic E-state index is 11.3. The van der Waals surface area contributed by atoms with Gasteiger partial charge in [0.15, 0.2) is 0 Å². The number of thiophene rings is 1. The van der Waals surface area contributed by atoms with Crippen LogP contribution in [0.2, 0.25) is 0 Å². The number of nitrogens with zero attached hydrogens (tertiary/aromatic N) is 1. The molecule has 0 radical (unpaired) electrons. The monoisotopic (exact) mass is 535 g/mol. The Morgan fingerprint density at radius 1 is 1.24 bits per heavy atom. The molecule has 0 aliphatic carbocycles. The van der Waals surface area contributed by atoms with E-state index in [1.54, 1.807) is 23.3 Å². The molecule has 0 bridgehead atoms. The molecule has 206 valence electrons. The van der Waals surface area contributed by atoms with E-state index in [1.165, 1.54) is 4.88 Å². The van der Waals surface area contributed by atoms with Gasteiger partial charge in [0, 0.05) is 42.4 Å². The van der Waals surface area contributed by atoms with Gasteiger partial charge in [0.25, 0.3) is 0 Å². The van der Waals surface area contributed by atoms with E-state index in [0.717, 1.165) is 63.3 Å². The zero-order chi connectivity index (χ0) is 27.9. The number of para-hydroxylation sites is 1. The third kappa shape index (κ3) is 14.9. The molecule has 1 aliphatic heterocycles. The maximum absolute atomic E-state index is 11.3. The van der Waals surface area contributed by atoms with E-state index in [0.29, 0.717) is 19.6 Å². The molecule has 1 unspecified atom stereocenters. The van der Waals surface area contributed by atoms with Crippen LogP contribution in [-0.4, -0.2) is 81.3 Å². The van der Waals surface area contributed by atoms with Crippen LogP contribution in [0.15, 0.2) is 41.8 Å². The highest BCUT2D eigenvalue weighted by atomic mass is 32.1. The summed E-state index contributed by atoms with van der Waals surface area (Å²) in [5, 5.41) is 21.9. The SMILES string of the molecule is CNCC(=O)N1CCCC1C=O.CNCc1cc(C(=N)N)cs1.CO.O=CCCCOc1ccccc1. The molecule has 1 saturated heterocycles. The lowest BCUT2D eigenvalue weighted by atomic mass is 10.2. The molecule has 1 aromatic carbocycles. The normalized spacial score (nSPS) is 13.5. The van der Waals surface area contributed by atoms with Crippen molar-refractivity contribution in [3.8, 4) is 5.75 Å². The molecule has 0 spiro atoms. The second kappa shape index (κ2) is 22.1. The number of rotatable bonds is 11. The summed E-state index contributed by atoms with van der Waals surface area (Å²) in [6.07, 6.45) is 4.90. The van der Waals surface area contributed by atoms with Crippen LogP contribution in [0.1, 0.15) is 36.1 Å². The van der Waals surface area contributed by atoms with Crippen molar-refractivity contribution in [2.75, 3.05) is 40.9 Å². The number of nitrogen functional groups attached to an aromatic ring is 1. The van der Waals surface area contributed by atoms with Crippen molar-refractivity contribution >= 4 is 35.7 Å². The van der Waals surface area contributed by atoms with Gasteiger partial charge in [-0.1, -0.05) is 18.2 Å². The lowest BCUT2D eigenvalue weighted by molar-refractivity contribution is -0.133. The standard InChI is InChI=1S/C10H12O2.C8H14N2O2.C7H11N3S.CH4O/c11-8-4-5-9-12-10-6-2-1-3-7-10;1-9-5-8(12)10-4-2-3-7(10)6-11;1-10-3-6-2-5(4-11-6)7(8)9;1-2/h1-3,6-8H,4-5,9H2;6-7,9H,2-5H2,1H3;2,4,10H,3H2,1H3,(H3,8,9);2H,1H3. The number of amidine groups is 1. The van der Waals surface area contributed by atoms with Gasteiger partial charge in [0.2, 0.25) is 5.91 Å². The van der Waals surface area contributed by atoms with Crippen LogP contribution in [0.3, 0.4) is 0 Å². The number of amides is 1. The highest BCUT2D eigenvalue weighted by Gasteiger charge is 2.27. The molecule has 37 heavy (non-hydrogen) atoms. The first-order valence-corrected chi connectivity index (χ1v) is 12.9. The Balaban J connectivity index is 0.000000508. The Morgan fingerprint density at radius 2 is 1.95 bits per heavy atom. The molecule has 1 aliphatic rings. The molecule has 1 fully saturated rings. The summed E-state index contributed by atoms with van der Waals surface area (Å²) in [5.74, 6) is 1.03. The van der Waals surface area contributed by atoms with Crippen molar-refractivity contribution in [2.24, 2.45) is 5.73 Å². The highest BCUT2D eigenvalue weighted by Crippen LogP contribution is 2.15. The maximum Gasteiger partial charge on any atom is 0.237 e. The second-order valence-corrected chi connectivity index (χ2v) is 8.68. The Bertz CT molecular complexity index is 894. The van der Waals surface area contributed by atoms with Gasteiger partial charge in [-0.3, -0.25) is 10.2 Å². The molecule has 10 nitrogen and oxygen atoms in total. The second-order valence-electron chi connectivity index (χ2n) is 7.68. The van der Waals surface area contributed by atoms with Gasteiger partial charge in [-0.25, -0.2) is 0 Å². The molecule has 1 amide bonds. The average Bonchev–Trinajstić information content (AvgIpc) is 3.60. The number of carbonyl (C=O) groups excluding carboxylic acids is 3. The molecular weight excluding hydrogens is 494 g/mol. The largest absolute Gasteiger partial charge is 0.494 e. The zero-order valence-corrected chi connectivity index (χ0v) is 22.8. The van der Waals surface area contributed by atoms with E-state index in [1.807, 2.05) is 48.8 Å². The molecule has 2 aromatic rings. The molecular formula is C26H41N5O5S. The van der Waals surface area contributed by atoms with E-state index in [9.17, 15) is 14.4 Å². The number of hydrogen-bond acceptors (Lipinski definition) is 9. The molecule has 3 rings (SSSR count). The van der Waals surface area contributed by atoms with E-state index in [-0.39, 0.29) is 17.8 Å². The number of likely N-dealkylation sites (tertiary alicyclic amines) is 1. The minimum atomic E-state index is -0.175. The summed E-state index contributed by atoms with van der Waals surface area (Å²) < 4.78 is 5.35. The van der Waals surface area contributed by atoms with Gasteiger partial charge < -0.3 is 40.7 Å². The number of benzene rings is 1. The minimum absolute atomic E-state index is 0.0205. The number of aliphatic hydroxyl groups is 1. The van der Waals surface area contributed by atoms with Crippen LogP contribution in [0.4, 0.5) is 0 Å². The van der Waals surface area contributed by atoms with E-state index in [2.05, 4.69) is 10.6 Å². The predicted molar refractivity (Wildman–Crippen MR) is 148 cm³/mol. The van der Waals surface area contributed by atoms with Crippen molar-refractivity contribution in [1.29, 1.82) is 5.41 Å². The quantitative estimate of drug-likeness (QED) is 0.126. The number of nitrogens with one attached hydrogen (secondary N) is 3. The number of carbonyl (C=O) groups is 3. The van der Waals surface area contributed by atoms with Gasteiger partial charge >= 0.3 is 0 Å². The van der Waals surface area contributed by atoms with Crippen molar-refractivity contribution in [2.45, 2.75) is 38.3 Å². The number of unbranched alkanes of at least 4 members (excludes halogenated alkanes) is 1. The van der Waals surface area contributed by atoms with Crippen LogP contribution in [0.25, 0.3) is 0 Å². The van der Waals surface area contributed by atoms with Crippen LogP contribution in [0.5, 0.6) is 5.75 Å². The zero-order valence-electron chi connectivity index (χ0n) is 21.9. The first kappa shape index (κ1) is 33.9. The van der Waals surface area contributed by atoms with Crippen LogP contribution < -0.4 is 21.1 Å². The Hall–Kier alpha value is -3.12. The fourth-order valence-corrected chi connectivity index (χ4v) is 4.05. The lowest BCUT2D eigenvalue weighted by Gasteiger charge is -2.19. The number of likely N-dealkylation sites (N-methyl/N-ethyl adjacent to an activating group) is 1. The van der Waals surface area contributed by atoms with Crippen molar-refractivity contribution < 1.29 is 24.2 Å². The molecule has 2 heterocycles. The summed E-state index contributed by atoms with van der Waals surface area (Å²) in [4.78, 5) is 34.6. The summed E-state index contributed by atoms with van der Waals surface area (Å²) in [6.45, 7) is 2.51. The van der Waals surface area contributed by atoms with Gasteiger partial charge in [0.1, 0.15) is 24.2 Å². The van der Waals surface area contributed by atoms with Crippen LogP contribution >= 0.6 is 11.3 Å². The average molecular weight is 536 g/mol. The third-order valence-corrected chi connectivity index (χ3v) is 5.84. The minimum Gasteiger partial charge on any atom is -0.494 e. The van der Waals surface area contributed by atoms with Gasteiger partial charge in [-0.15, -0.1) is 11.3 Å². The van der Waals surface area contributed by atoms with Gasteiger partial charge in [-0.05, 0) is 51.6 Å². The van der Waals surface area contributed by atoms with E-state index in [4.69, 9.17) is 21.0 Å². The topological polar surface area (TPSA) is 158 Å². The molecule has 0 saturated carbocycles. The first-order valence-electron chi connectivity index (χ1n) is 12.0. The van der Waals surface area contributed by atoms with E-state index >= 15 is 0 Å². The summed E-state index contributed by atoms with van der Waals surface area (Å²) in [5.41, 5.74) is 6.11. The number of ether oxygens (including phenoxy) is 1. The van der Waals surface area contributed by atoms with Gasteiger partial charge in [-0.2, -0.15) is 0 Å². The summed E-state index contributed by atoms with van der Waals surface area (Å²) in [7, 11) is 4.62. The number of aliphatic hydroxyl groups excluding tert-OH is 1. The number of nitrogens with two attached hydrogens (primary N) is 1. The molecule has 6 N–H and O–H groups in total. The molecule has 1 atom stereocenters. The van der Waals surface area contributed by atoms with Crippen molar-refractivity contribution in [1.82, 2.24) is 15.5 Å². The highest BCUT2D eigenvalue weighted by molar-refractivity contribution is 7.10. The Kier molecular flexibility index (Phi) is 20.2. The fraction of sp³-hybridized carbons (Fsp3) is 0.462. The summed E-state index contributed by atoms with van der Waals surface area (Å²) >= 11 is 1.62. The lowest BCUT2D eigenvalue weighted by Crippen LogP contribution is -2.40. The summed E-state index contributed by atoms with van der Waals surface area (Å²) in [6, 6.07) is 11.4. The van der Waals surface area contributed by atoms with Crippen molar-refractivity contribution in [3.63, 3.8) is 0 Å².